The van der Waals surface area contributed by atoms with Crippen LogP contribution in [0, 0.1) is 11.3 Å². The van der Waals surface area contributed by atoms with Crippen LogP contribution >= 0.6 is 0 Å². The largest absolute Gasteiger partial charge is 0.391 e. The molecule has 1 aliphatic heterocycles. The van der Waals surface area contributed by atoms with Gasteiger partial charge in [-0.1, -0.05) is 20.8 Å². The number of carbonyl (C=O) groups is 1. The summed E-state index contributed by atoms with van der Waals surface area (Å²) in [5.41, 5.74) is 5.70. The second-order valence-corrected chi connectivity index (χ2v) is 6.38. The number of nitrogens with two attached hydrogens (primary N) is 1. The fourth-order valence-electron chi connectivity index (χ4n) is 2.39. The molecule has 18 heavy (non-hydrogen) atoms. The summed E-state index contributed by atoms with van der Waals surface area (Å²) >= 11 is 0. The zero-order chi connectivity index (χ0) is 13.8. The SMILES string of the molecule is CC1CCN(C(=O)CCC(C)(C)CCN)CC1O. The molecule has 1 saturated heterocycles. The third kappa shape index (κ3) is 4.58. The van der Waals surface area contributed by atoms with Gasteiger partial charge in [0, 0.05) is 19.5 Å². The van der Waals surface area contributed by atoms with Gasteiger partial charge in [-0.15, -0.1) is 0 Å². The van der Waals surface area contributed by atoms with Gasteiger partial charge in [-0.05, 0) is 37.1 Å². The maximum atomic E-state index is 12.1. The normalized spacial score (nSPS) is 25.3. The highest BCUT2D eigenvalue weighted by atomic mass is 16.3. The van der Waals surface area contributed by atoms with Crippen molar-refractivity contribution in [1.29, 1.82) is 0 Å². The summed E-state index contributed by atoms with van der Waals surface area (Å²) in [6.07, 6.45) is 2.91. The van der Waals surface area contributed by atoms with E-state index in [1.165, 1.54) is 0 Å². The van der Waals surface area contributed by atoms with Crippen LogP contribution in [0.2, 0.25) is 0 Å². The van der Waals surface area contributed by atoms with Crippen molar-refractivity contribution in [3.05, 3.63) is 0 Å². The van der Waals surface area contributed by atoms with Gasteiger partial charge in [0.05, 0.1) is 6.10 Å². The van der Waals surface area contributed by atoms with Crippen molar-refractivity contribution in [3.63, 3.8) is 0 Å². The van der Waals surface area contributed by atoms with E-state index in [2.05, 4.69) is 13.8 Å². The first-order valence-corrected chi connectivity index (χ1v) is 7.01. The molecule has 4 nitrogen and oxygen atoms in total. The van der Waals surface area contributed by atoms with Gasteiger partial charge in [0.1, 0.15) is 0 Å². The lowest BCUT2D eigenvalue weighted by Crippen LogP contribution is -2.46. The standard InChI is InChI=1S/C14H28N2O2/c1-11-5-9-16(10-12(11)17)13(18)4-6-14(2,3)7-8-15/h11-12,17H,4-10,15H2,1-3H3. The molecule has 1 aliphatic rings. The van der Waals surface area contributed by atoms with Gasteiger partial charge in [-0.3, -0.25) is 4.79 Å². The van der Waals surface area contributed by atoms with Crippen LogP contribution in [0.3, 0.4) is 0 Å². The van der Waals surface area contributed by atoms with Gasteiger partial charge in [0.15, 0.2) is 0 Å². The van der Waals surface area contributed by atoms with Crippen molar-refractivity contribution in [3.8, 4) is 0 Å². The fourth-order valence-corrected chi connectivity index (χ4v) is 2.39. The van der Waals surface area contributed by atoms with Crippen molar-refractivity contribution >= 4 is 5.91 Å². The molecule has 2 unspecified atom stereocenters. The average Bonchev–Trinajstić information content (AvgIpc) is 2.30. The number of amides is 1. The van der Waals surface area contributed by atoms with Crippen molar-refractivity contribution < 1.29 is 9.90 Å². The molecule has 4 heteroatoms. The Morgan fingerprint density at radius 2 is 2.11 bits per heavy atom. The van der Waals surface area contributed by atoms with Crippen LogP contribution in [0.25, 0.3) is 0 Å². The molecule has 0 bridgehead atoms. The summed E-state index contributed by atoms with van der Waals surface area (Å²) in [6.45, 7) is 8.30. The number of rotatable bonds is 5. The average molecular weight is 256 g/mol. The zero-order valence-electron chi connectivity index (χ0n) is 12.0. The Hall–Kier alpha value is -0.610. The van der Waals surface area contributed by atoms with E-state index >= 15 is 0 Å². The van der Waals surface area contributed by atoms with Crippen LogP contribution in [0.15, 0.2) is 0 Å². The van der Waals surface area contributed by atoms with Crippen LogP contribution in [-0.4, -0.2) is 41.7 Å². The van der Waals surface area contributed by atoms with Crippen molar-refractivity contribution in [1.82, 2.24) is 4.90 Å². The molecule has 0 aromatic carbocycles. The molecule has 3 N–H and O–H groups in total. The van der Waals surface area contributed by atoms with Gasteiger partial charge in [0.2, 0.25) is 5.91 Å². The van der Waals surface area contributed by atoms with Gasteiger partial charge < -0.3 is 15.7 Å². The summed E-state index contributed by atoms with van der Waals surface area (Å²) in [5, 5.41) is 9.80. The van der Waals surface area contributed by atoms with Gasteiger partial charge in [-0.25, -0.2) is 0 Å². The minimum Gasteiger partial charge on any atom is -0.391 e. The second-order valence-electron chi connectivity index (χ2n) is 6.38. The lowest BCUT2D eigenvalue weighted by atomic mass is 9.84. The number of hydrogen-bond acceptors (Lipinski definition) is 3. The molecule has 0 aromatic heterocycles. The van der Waals surface area contributed by atoms with E-state index in [0.717, 1.165) is 25.8 Å². The molecule has 1 fully saturated rings. The van der Waals surface area contributed by atoms with E-state index in [1.54, 1.807) is 0 Å². The topological polar surface area (TPSA) is 66.6 Å². The Balaban J connectivity index is 2.37. The highest BCUT2D eigenvalue weighted by Crippen LogP contribution is 2.27. The molecule has 0 radical (unpaired) electrons. The van der Waals surface area contributed by atoms with Crippen LogP contribution in [0.5, 0.6) is 0 Å². The Morgan fingerprint density at radius 3 is 2.67 bits per heavy atom. The van der Waals surface area contributed by atoms with E-state index in [4.69, 9.17) is 5.73 Å². The highest BCUT2D eigenvalue weighted by molar-refractivity contribution is 5.76. The van der Waals surface area contributed by atoms with Crippen LogP contribution < -0.4 is 5.73 Å². The van der Waals surface area contributed by atoms with E-state index in [-0.39, 0.29) is 17.4 Å². The number of carbonyl (C=O) groups excluding carboxylic acids is 1. The number of hydrogen-bond donors (Lipinski definition) is 2. The van der Waals surface area contributed by atoms with E-state index in [1.807, 2.05) is 11.8 Å². The molecule has 0 aliphatic carbocycles. The summed E-state index contributed by atoms with van der Waals surface area (Å²) in [6, 6.07) is 0. The lowest BCUT2D eigenvalue weighted by Gasteiger charge is -2.35. The van der Waals surface area contributed by atoms with Gasteiger partial charge in [0.25, 0.3) is 0 Å². The molecule has 2 atom stereocenters. The lowest BCUT2D eigenvalue weighted by molar-refractivity contribution is -0.136. The third-order valence-corrected chi connectivity index (χ3v) is 4.11. The first-order chi connectivity index (χ1) is 8.35. The van der Waals surface area contributed by atoms with Crippen LogP contribution in [-0.2, 0) is 4.79 Å². The molecule has 1 heterocycles. The smallest absolute Gasteiger partial charge is 0.222 e. The van der Waals surface area contributed by atoms with Crippen molar-refractivity contribution in [2.75, 3.05) is 19.6 Å². The van der Waals surface area contributed by atoms with Crippen LogP contribution in [0.1, 0.15) is 46.5 Å². The number of nitrogens with zero attached hydrogens (tertiary/aromatic N) is 1. The number of β-amino-alcohol motifs (C(OH)–C–C–N with tert-alkyl or cyclic N) is 1. The number of piperidine rings is 1. The van der Waals surface area contributed by atoms with Gasteiger partial charge >= 0.3 is 0 Å². The first kappa shape index (κ1) is 15.4. The third-order valence-electron chi connectivity index (χ3n) is 4.11. The molecule has 1 rings (SSSR count). The summed E-state index contributed by atoms with van der Waals surface area (Å²) in [7, 11) is 0. The number of likely N-dealkylation sites (tertiary alicyclic amines) is 1. The minimum absolute atomic E-state index is 0.131. The van der Waals surface area contributed by atoms with Crippen molar-refractivity contribution in [2.45, 2.75) is 52.6 Å². The van der Waals surface area contributed by atoms with Crippen LogP contribution in [0.4, 0.5) is 0 Å². The molecule has 1 amide bonds. The predicted molar refractivity (Wildman–Crippen MR) is 73.1 cm³/mol. The summed E-state index contributed by atoms with van der Waals surface area (Å²) < 4.78 is 0. The Labute approximate surface area is 111 Å². The summed E-state index contributed by atoms with van der Waals surface area (Å²) in [4.78, 5) is 13.9. The van der Waals surface area contributed by atoms with Gasteiger partial charge in [-0.2, -0.15) is 0 Å². The monoisotopic (exact) mass is 256 g/mol. The zero-order valence-corrected chi connectivity index (χ0v) is 12.0. The van der Waals surface area contributed by atoms with Crippen molar-refractivity contribution in [2.24, 2.45) is 17.1 Å². The minimum atomic E-state index is -0.361. The molecule has 0 saturated carbocycles. The predicted octanol–water partition coefficient (Wildman–Crippen LogP) is 1.37. The Morgan fingerprint density at radius 1 is 1.44 bits per heavy atom. The molecular formula is C14H28N2O2. The maximum Gasteiger partial charge on any atom is 0.222 e. The maximum absolute atomic E-state index is 12.1. The number of aliphatic hydroxyl groups excluding tert-OH is 1. The first-order valence-electron chi connectivity index (χ1n) is 7.01. The Kier molecular flexibility index (Phi) is 5.60. The fraction of sp³-hybridized carbons (Fsp3) is 0.929. The molecule has 0 aromatic rings. The molecule has 0 spiro atoms. The highest BCUT2D eigenvalue weighted by Gasteiger charge is 2.28. The van der Waals surface area contributed by atoms with E-state index in [9.17, 15) is 9.90 Å². The molecule has 106 valence electrons. The van der Waals surface area contributed by atoms with E-state index in [0.29, 0.717) is 25.4 Å². The molecular weight excluding hydrogens is 228 g/mol. The number of aliphatic hydroxyl groups is 1. The Bertz CT molecular complexity index is 279. The second kappa shape index (κ2) is 6.53. The quantitative estimate of drug-likeness (QED) is 0.781. The summed E-state index contributed by atoms with van der Waals surface area (Å²) in [5.74, 6) is 0.480. The van der Waals surface area contributed by atoms with E-state index < -0.39 is 0 Å².